The van der Waals surface area contributed by atoms with Crippen LogP contribution in [0.4, 0.5) is 0 Å². The van der Waals surface area contributed by atoms with E-state index in [9.17, 15) is 0 Å². The average Bonchev–Trinajstić information content (AvgIpc) is 3.24. The number of imidazole rings is 1. The molecule has 0 unspecified atom stereocenters. The molecule has 0 aliphatic carbocycles. The highest BCUT2D eigenvalue weighted by atomic mass is 35.5. The van der Waals surface area contributed by atoms with Gasteiger partial charge in [-0.15, -0.1) is 0 Å². The Morgan fingerprint density at radius 2 is 1.72 bits per heavy atom. The first-order valence-corrected chi connectivity index (χ1v) is 8.58. The third-order valence-electron chi connectivity index (χ3n) is 4.00. The van der Waals surface area contributed by atoms with Gasteiger partial charge in [-0.2, -0.15) is 0 Å². The Hall–Kier alpha value is -2.49. The van der Waals surface area contributed by atoms with Gasteiger partial charge in [0.05, 0.1) is 23.8 Å². The van der Waals surface area contributed by atoms with Crippen LogP contribution in [-0.2, 0) is 6.54 Å². The molecule has 0 spiro atoms. The van der Waals surface area contributed by atoms with E-state index in [-0.39, 0.29) is 0 Å². The molecule has 0 atom stereocenters. The summed E-state index contributed by atoms with van der Waals surface area (Å²) in [5.74, 6) is 1.59. The third-order valence-corrected chi connectivity index (χ3v) is 4.71. The molecule has 0 saturated heterocycles. The Morgan fingerprint density at radius 3 is 2.48 bits per heavy atom. The van der Waals surface area contributed by atoms with Crippen LogP contribution in [0.2, 0.25) is 10.0 Å². The molecule has 0 bridgehead atoms. The van der Waals surface area contributed by atoms with Gasteiger partial charge in [0.1, 0.15) is 11.6 Å². The van der Waals surface area contributed by atoms with Crippen LogP contribution in [0.5, 0.6) is 0 Å². The molecule has 2 aromatic carbocycles. The van der Waals surface area contributed by atoms with Crippen LogP contribution in [0.1, 0.15) is 17.1 Å². The molecule has 5 heteroatoms. The molecule has 4 rings (SSSR count). The molecule has 0 fully saturated rings. The number of hydrogen-bond acceptors (Lipinski definition) is 2. The number of halogens is 2. The van der Waals surface area contributed by atoms with Crippen LogP contribution in [0, 0.1) is 0 Å². The minimum atomic E-state index is 0.539. The Bertz CT molecular complexity index is 1030. The molecular weight excluding hydrogens is 355 g/mol. The van der Waals surface area contributed by atoms with Crippen molar-refractivity contribution in [1.29, 1.82) is 0 Å². The first kappa shape index (κ1) is 16.0. The molecule has 124 valence electrons. The minimum absolute atomic E-state index is 0.539. The van der Waals surface area contributed by atoms with Crippen LogP contribution >= 0.6 is 23.2 Å². The number of para-hydroxylation sites is 2. The van der Waals surface area contributed by atoms with E-state index in [2.05, 4.69) is 4.57 Å². The Labute approximate surface area is 155 Å². The normalized spacial score (nSPS) is 11.6. The molecule has 4 aromatic rings. The van der Waals surface area contributed by atoms with Crippen LogP contribution < -0.4 is 0 Å². The molecule has 3 nitrogen and oxygen atoms in total. The Kier molecular flexibility index (Phi) is 4.35. The number of nitrogens with zero attached hydrogens (tertiary/aromatic N) is 2. The van der Waals surface area contributed by atoms with Gasteiger partial charge in [-0.25, -0.2) is 4.98 Å². The predicted octanol–water partition coefficient (Wildman–Crippen LogP) is 6.15. The molecule has 0 aliphatic rings. The van der Waals surface area contributed by atoms with E-state index in [4.69, 9.17) is 32.6 Å². The molecule has 0 radical (unpaired) electrons. The lowest BCUT2D eigenvalue weighted by Gasteiger charge is -2.10. The van der Waals surface area contributed by atoms with E-state index in [1.807, 2.05) is 66.7 Å². The van der Waals surface area contributed by atoms with Crippen LogP contribution in [0.15, 0.2) is 65.3 Å². The fraction of sp³-hybridized carbons (Fsp3) is 0.0500. The van der Waals surface area contributed by atoms with Crippen molar-refractivity contribution in [1.82, 2.24) is 9.55 Å². The summed E-state index contributed by atoms with van der Waals surface area (Å²) < 4.78 is 7.46. The molecule has 2 aromatic heterocycles. The number of rotatable bonds is 4. The highest BCUT2D eigenvalue weighted by Crippen LogP contribution is 2.28. The summed E-state index contributed by atoms with van der Waals surface area (Å²) >= 11 is 12.7. The molecule has 0 amide bonds. The van der Waals surface area contributed by atoms with Crippen molar-refractivity contribution < 1.29 is 4.42 Å². The standard InChI is InChI=1S/C20H14Cl2N2O/c21-16-6-3-7-17(22)15(16)13-24-19-9-2-1-8-18(19)23-20(24)11-10-14-5-4-12-25-14/h1-12H,13H2/b11-10+. The van der Waals surface area contributed by atoms with Crippen molar-refractivity contribution in [3.05, 3.63) is 88.1 Å². The zero-order valence-electron chi connectivity index (χ0n) is 13.2. The van der Waals surface area contributed by atoms with E-state index >= 15 is 0 Å². The lowest BCUT2D eigenvalue weighted by molar-refractivity contribution is 0.557. The summed E-state index contributed by atoms with van der Waals surface area (Å²) in [6.07, 6.45) is 5.47. The van der Waals surface area contributed by atoms with E-state index in [0.29, 0.717) is 16.6 Å². The molecule has 25 heavy (non-hydrogen) atoms. The van der Waals surface area contributed by atoms with Gasteiger partial charge >= 0.3 is 0 Å². The summed E-state index contributed by atoms with van der Waals surface area (Å²) in [5, 5.41) is 1.29. The second-order valence-electron chi connectivity index (χ2n) is 5.59. The first-order chi connectivity index (χ1) is 12.2. The molecular formula is C20H14Cl2N2O. The maximum atomic E-state index is 6.36. The van der Waals surface area contributed by atoms with Gasteiger partial charge in [0, 0.05) is 15.6 Å². The van der Waals surface area contributed by atoms with E-state index in [1.165, 1.54) is 0 Å². The smallest absolute Gasteiger partial charge is 0.134 e. The summed E-state index contributed by atoms with van der Waals surface area (Å²) in [6.45, 7) is 0.539. The molecule has 0 aliphatic heterocycles. The second kappa shape index (κ2) is 6.79. The molecule has 0 saturated carbocycles. The highest BCUT2D eigenvalue weighted by Gasteiger charge is 2.12. The first-order valence-electron chi connectivity index (χ1n) is 7.82. The monoisotopic (exact) mass is 368 g/mol. The number of benzene rings is 2. The SMILES string of the molecule is Clc1cccc(Cl)c1Cn1c(/C=C/c2ccco2)nc2ccccc21. The largest absolute Gasteiger partial charge is 0.465 e. The molecule has 0 N–H and O–H groups in total. The fourth-order valence-electron chi connectivity index (χ4n) is 2.77. The number of aromatic nitrogens is 2. The van der Waals surface area contributed by atoms with Crippen LogP contribution in [0.3, 0.4) is 0 Å². The summed E-state index contributed by atoms with van der Waals surface area (Å²) in [4.78, 5) is 4.72. The third kappa shape index (κ3) is 3.21. The van der Waals surface area contributed by atoms with Crippen molar-refractivity contribution in [3.63, 3.8) is 0 Å². The van der Waals surface area contributed by atoms with Gasteiger partial charge in [-0.1, -0.05) is 41.4 Å². The van der Waals surface area contributed by atoms with Crippen LogP contribution in [0.25, 0.3) is 23.2 Å². The minimum Gasteiger partial charge on any atom is -0.465 e. The highest BCUT2D eigenvalue weighted by molar-refractivity contribution is 6.36. The fourth-order valence-corrected chi connectivity index (χ4v) is 3.29. The summed E-state index contributed by atoms with van der Waals surface area (Å²) in [7, 11) is 0. The predicted molar refractivity (Wildman–Crippen MR) is 103 cm³/mol. The van der Waals surface area contributed by atoms with Gasteiger partial charge in [0.15, 0.2) is 0 Å². The Morgan fingerprint density at radius 1 is 0.920 bits per heavy atom. The van der Waals surface area contributed by atoms with Crippen molar-refractivity contribution in [2.24, 2.45) is 0 Å². The van der Waals surface area contributed by atoms with Crippen molar-refractivity contribution in [2.75, 3.05) is 0 Å². The zero-order chi connectivity index (χ0) is 17.2. The lowest BCUT2D eigenvalue weighted by Crippen LogP contribution is -2.03. The van der Waals surface area contributed by atoms with Gasteiger partial charge in [0.25, 0.3) is 0 Å². The summed E-state index contributed by atoms with van der Waals surface area (Å²) in [5.41, 5.74) is 2.82. The zero-order valence-corrected chi connectivity index (χ0v) is 14.7. The maximum absolute atomic E-state index is 6.36. The number of furan rings is 1. The topological polar surface area (TPSA) is 31.0 Å². The van der Waals surface area contributed by atoms with E-state index < -0.39 is 0 Å². The van der Waals surface area contributed by atoms with Gasteiger partial charge in [-0.3, -0.25) is 0 Å². The molecule has 2 heterocycles. The van der Waals surface area contributed by atoms with E-state index in [1.54, 1.807) is 6.26 Å². The number of fused-ring (bicyclic) bond motifs is 1. The van der Waals surface area contributed by atoms with Crippen molar-refractivity contribution in [2.45, 2.75) is 6.54 Å². The van der Waals surface area contributed by atoms with Gasteiger partial charge in [-0.05, 0) is 48.6 Å². The number of hydrogen-bond donors (Lipinski definition) is 0. The average molecular weight is 369 g/mol. The van der Waals surface area contributed by atoms with Gasteiger partial charge < -0.3 is 8.98 Å². The van der Waals surface area contributed by atoms with Crippen LogP contribution in [-0.4, -0.2) is 9.55 Å². The second-order valence-corrected chi connectivity index (χ2v) is 6.41. The van der Waals surface area contributed by atoms with Crippen molar-refractivity contribution in [3.8, 4) is 0 Å². The maximum Gasteiger partial charge on any atom is 0.134 e. The summed E-state index contributed by atoms with van der Waals surface area (Å²) in [6, 6.07) is 17.3. The lowest BCUT2D eigenvalue weighted by atomic mass is 10.2. The Balaban J connectivity index is 1.82. The van der Waals surface area contributed by atoms with Crippen molar-refractivity contribution >= 4 is 46.4 Å². The van der Waals surface area contributed by atoms with Gasteiger partial charge in [0.2, 0.25) is 0 Å². The quantitative estimate of drug-likeness (QED) is 0.432. The van der Waals surface area contributed by atoms with E-state index in [0.717, 1.165) is 28.2 Å².